The second-order valence-electron chi connectivity index (χ2n) is 9.23. The van der Waals surface area contributed by atoms with Crippen molar-refractivity contribution in [1.82, 2.24) is 5.32 Å². The molecule has 1 amide bonds. The average Bonchev–Trinajstić information content (AvgIpc) is 2.84. The number of benzene rings is 1. The molecule has 1 aliphatic rings. The summed E-state index contributed by atoms with van der Waals surface area (Å²) >= 11 is 0. The molecule has 0 spiro atoms. The fraction of sp³-hybridized carbons (Fsp3) is 0.545. The molecule has 1 aromatic carbocycles. The van der Waals surface area contributed by atoms with E-state index in [0.29, 0.717) is 22.3 Å². The van der Waals surface area contributed by atoms with Crippen molar-refractivity contribution < 1.29 is 23.6 Å². The van der Waals surface area contributed by atoms with Crippen molar-refractivity contribution in [2.75, 3.05) is 13.7 Å². The Hall–Kier alpha value is -2.50. The minimum Gasteiger partial charge on any atom is -0.496 e. The van der Waals surface area contributed by atoms with E-state index in [4.69, 9.17) is 18.8 Å². The molecule has 0 aromatic heterocycles. The first kappa shape index (κ1) is 23.8. The maximum atomic E-state index is 12.2. The van der Waals surface area contributed by atoms with E-state index in [1.54, 1.807) is 46.1 Å². The van der Waals surface area contributed by atoms with Gasteiger partial charge in [0.2, 0.25) is 0 Å². The Balaban J connectivity index is 2.39. The van der Waals surface area contributed by atoms with Crippen LogP contribution in [0.1, 0.15) is 59.6 Å². The van der Waals surface area contributed by atoms with Crippen molar-refractivity contribution in [3.63, 3.8) is 0 Å². The van der Waals surface area contributed by atoms with E-state index in [2.05, 4.69) is 11.4 Å². The molecule has 162 valence electrons. The lowest BCUT2D eigenvalue weighted by atomic mass is 9.77. The molecule has 2 rings (SSSR count). The summed E-state index contributed by atoms with van der Waals surface area (Å²) in [5.41, 5.74) is 0.168. The Kier molecular flexibility index (Phi) is 6.90. The first-order chi connectivity index (χ1) is 13.8. The Morgan fingerprint density at radius 2 is 1.83 bits per heavy atom. The van der Waals surface area contributed by atoms with Crippen molar-refractivity contribution >= 4 is 19.3 Å². The topological polar surface area (TPSA) is 89.8 Å². The molecule has 1 heterocycles. The Morgan fingerprint density at radius 1 is 1.23 bits per heavy atom. The summed E-state index contributed by atoms with van der Waals surface area (Å²) in [6.45, 7) is 13.4. The minimum atomic E-state index is -0.680. The van der Waals surface area contributed by atoms with Gasteiger partial charge in [0.1, 0.15) is 11.4 Å². The molecule has 0 aliphatic carbocycles. The summed E-state index contributed by atoms with van der Waals surface area (Å²) in [6, 6.07) is 7.26. The van der Waals surface area contributed by atoms with E-state index in [-0.39, 0.29) is 6.54 Å². The number of nitrogens with zero attached hydrogens (tertiary/aromatic N) is 1. The zero-order valence-electron chi connectivity index (χ0n) is 19.1. The summed E-state index contributed by atoms with van der Waals surface area (Å²) in [7, 11) is 0.881. The number of methoxy groups -OCH3 is 1. The molecular formula is C22H31BN2O5. The number of ether oxygens (including phenoxy) is 2. The fourth-order valence-corrected chi connectivity index (χ4v) is 2.80. The van der Waals surface area contributed by atoms with Crippen LogP contribution in [0.25, 0.3) is 6.08 Å². The van der Waals surface area contributed by atoms with Gasteiger partial charge in [0.05, 0.1) is 29.9 Å². The number of carbonyl (C=O) groups is 1. The van der Waals surface area contributed by atoms with Gasteiger partial charge in [0, 0.05) is 12.1 Å². The van der Waals surface area contributed by atoms with Gasteiger partial charge < -0.3 is 24.1 Å². The van der Waals surface area contributed by atoms with Gasteiger partial charge in [-0.3, -0.25) is 0 Å². The van der Waals surface area contributed by atoms with Crippen LogP contribution in [-0.2, 0) is 14.0 Å². The average molecular weight is 414 g/mol. The lowest BCUT2D eigenvalue weighted by Crippen LogP contribution is -2.41. The first-order valence-electron chi connectivity index (χ1n) is 9.89. The van der Waals surface area contributed by atoms with Crippen LogP contribution in [0.3, 0.4) is 0 Å². The predicted molar refractivity (Wildman–Crippen MR) is 116 cm³/mol. The third-order valence-corrected chi connectivity index (χ3v) is 5.09. The van der Waals surface area contributed by atoms with Crippen molar-refractivity contribution in [1.29, 1.82) is 5.26 Å². The van der Waals surface area contributed by atoms with Crippen LogP contribution in [0.15, 0.2) is 23.7 Å². The normalized spacial score (nSPS) is 18.0. The SMILES string of the molecule is COc1ccc(C#N)cc1C=C(CNC(=O)OC(C)(C)C)B1OC(C)(C)C(C)(C)O1. The lowest BCUT2D eigenvalue weighted by Gasteiger charge is -2.32. The van der Waals surface area contributed by atoms with Crippen LogP contribution in [-0.4, -0.2) is 43.7 Å². The summed E-state index contributed by atoms with van der Waals surface area (Å²) in [5, 5.41) is 12.0. The Labute approximate surface area is 179 Å². The number of hydrogen-bond donors (Lipinski definition) is 1. The highest BCUT2D eigenvalue weighted by Crippen LogP contribution is 2.39. The Bertz CT molecular complexity index is 849. The highest BCUT2D eigenvalue weighted by atomic mass is 16.7. The molecule has 8 heteroatoms. The summed E-state index contributed by atoms with van der Waals surface area (Å²) < 4.78 is 23.1. The van der Waals surface area contributed by atoms with Crippen molar-refractivity contribution in [3.8, 4) is 11.8 Å². The molecule has 1 saturated heterocycles. The highest BCUT2D eigenvalue weighted by Gasteiger charge is 2.52. The number of nitriles is 1. The van der Waals surface area contributed by atoms with E-state index in [1.807, 2.05) is 33.8 Å². The van der Waals surface area contributed by atoms with Gasteiger partial charge in [-0.25, -0.2) is 4.79 Å². The monoisotopic (exact) mass is 414 g/mol. The number of rotatable bonds is 5. The predicted octanol–water partition coefficient (Wildman–Crippen LogP) is 4.11. The van der Waals surface area contributed by atoms with Crippen LogP contribution in [0.4, 0.5) is 4.79 Å². The quantitative estimate of drug-likeness (QED) is 0.730. The lowest BCUT2D eigenvalue weighted by molar-refractivity contribution is 0.00578. The smallest absolute Gasteiger partial charge is 0.492 e. The molecule has 0 unspecified atom stereocenters. The van der Waals surface area contributed by atoms with Crippen LogP contribution in [0, 0.1) is 11.3 Å². The number of alkyl carbamates (subject to hydrolysis) is 1. The van der Waals surface area contributed by atoms with Crippen LogP contribution in [0.5, 0.6) is 5.75 Å². The van der Waals surface area contributed by atoms with Crippen molar-refractivity contribution in [2.45, 2.75) is 65.3 Å². The standard InChI is InChI=1S/C22H31BN2O5/c1-20(2,3)28-19(26)25-14-17(23-29-21(4,5)22(6,7)30-23)12-16-11-15(13-24)9-10-18(16)27-8/h9-12H,14H2,1-8H3,(H,25,26). The second-order valence-corrected chi connectivity index (χ2v) is 9.23. The molecule has 7 nitrogen and oxygen atoms in total. The zero-order valence-corrected chi connectivity index (χ0v) is 19.1. The van der Waals surface area contributed by atoms with E-state index in [0.717, 1.165) is 0 Å². The number of amides is 1. The molecule has 30 heavy (non-hydrogen) atoms. The fourth-order valence-electron chi connectivity index (χ4n) is 2.80. The van der Waals surface area contributed by atoms with Crippen molar-refractivity contribution in [2.24, 2.45) is 0 Å². The summed E-state index contributed by atoms with van der Waals surface area (Å²) in [6.07, 6.45) is 1.28. The highest BCUT2D eigenvalue weighted by molar-refractivity contribution is 6.56. The van der Waals surface area contributed by atoms with Gasteiger partial charge in [-0.15, -0.1) is 0 Å². The molecule has 1 aliphatic heterocycles. The van der Waals surface area contributed by atoms with E-state index in [9.17, 15) is 10.1 Å². The molecule has 1 fully saturated rings. The van der Waals surface area contributed by atoms with Gasteiger partial charge in [-0.05, 0) is 72.1 Å². The minimum absolute atomic E-state index is 0.145. The third kappa shape index (κ3) is 5.77. The molecule has 1 aromatic rings. The van der Waals surface area contributed by atoms with Gasteiger partial charge in [0.15, 0.2) is 0 Å². The molecular weight excluding hydrogens is 383 g/mol. The maximum absolute atomic E-state index is 12.2. The molecule has 0 atom stereocenters. The van der Waals surface area contributed by atoms with Gasteiger partial charge >= 0.3 is 13.2 Å². The van der Waals surface area contributed by atoms with Gasteiger partial charge in [0.25, 0.3) is 0 Å². The van der Waals surface area contributed by atoms with E-state index in [1.165, 1.54) is 0 Å². The number of hydrogen-bond acceptors (Lipinski definition) is 6. The third-order valence-electron chi connectivity index (χ3n) is 5.09. The van der Waals surface area contributed by atoms with Gasteiger partial charge in [-0.2, -0.15) is 5.26 Å². The number of nitrogens with one attached hydrogen (secondary N) is 1. The summed E-state index contributed by atoms with van der Waals surface area (Å²) in [4.78, 5) is 12.2. The van der Waals surface area contributed by atoms with Crippen molar-refractivity contribution in [3.05, 3.63) is 34.8 Å². The van der Waals surface area contributed by atoms with E-state index >= 15 is 0 Å². The molecule has 0 bridgehead atoms. The largest absolute Gasteiger partial charge is 0.496 e. The molecule has 0 radical (unpaired) electrons. The zero-order chi connectivity index (χ0) is 22.7. The molecule has 1 N–H and O–H groups in total. The molecule has 0 saturated carbocycles. The van der Waals surface area contributed by atoms with Crippen LogP contribution < -0.4 is 10.1 Å². The van der Waals surface area contributed by atoms with Gasteiger partial charge in [-0.1, -0.05) is 6.08 Å². The maximum Gasteiger partial charge on any atom is 0.492 e. The van der Waals surface area contributed by atoms with Crippen LogP contribution >= 0.6 is 0 Å². The van der Waals surface area contributed by atoms with E-state index < -0.39 is 30.0 Å². The summed E-state index contributed by atoms with van der Waals surface area (Å²) in [5.74, 6) is 0.597. The Morgan fingerprint density at radius 3 is 2.33 bits per heavy atom. The number of carbonyl (C=O) groups excluding carboxylic acids is 1. The first-order valence-corrected chi connectivity index (χ1v) is 9.89. The van der Waals surface area contributed by atoms with Crippen LogP contribution in [0.2, 0.25) is 0 Å². The second kappa shape index (κ2) is 8.70.